The highest BCUT2D eigenvalue weighted by Gasteiger charge is 1.95. The lowest BCUT2D eigenvalue weighted by Gasteiger charge is -2.00. The number of aryl methyl sites for hydroxylation is 1. The lowest BCUT2D eigenvalue weighted by molar-refractivity contribution is 0.919. The molecular formula is C12H14. The first-order valence-corrected chi connectivity index (χ1v) is 4.39. The van der Waals surface area contributed by atoms with Crippen molar-refractivity contribution in [3.8, 4) is 11.8 Å². The Balaban J connectivity index is 2.97. The maximum absolute atomic E-state index is 3.11. The fraction of sp³-hybridized carbons (Fsp3) is 0.333. The van der Waals surface area contributed by atoms with Crippen molar-refractivity contribution in [1.82, 2.24) is 0 Å². The van der Waals surface area contributed by atoms with Gasteiger partial charge < -0.3 is 0 Å². The van der Waals surface area contributed by atoms with Gasteiger partial charge in [-0.05, 0) is 25.0 Å². The Morgan fingerprint density at radius 1 is 1.25 bits per heavy atom. The van der Waals surface area contributed by atoms with Gasteiger partial charge in [0, 0.05) is 5.56 Å². The maximum atomic E-state index is 3.11. The molecule has 0 aliphatic carbocycles. The minimum atomic E-state index is 1.13. The van der Waals surface area contributed by atoms with E-state index in [-0.39, 0.29) is 0 Å². The maximum Gasteiger partial charge on any atom is 0.0277 e. The van der Waals surface area contributed by atoms with Crippen LogP contribution in [0.3, 0.4) is 0 Å². The van der Waals surface area contributed by atoms with Crippen LogP contribution in [0.4, 0.5) is 0 Å². The fourth-order valence-electron chi connectivity index (χ4n) is 1.26. The molecule has 12 heavy (non-hydrogen) atoms. The van der Waals surface area contributed by atoms with Crippen LogP contribution in [-0.2, 0) is 6.42 Å². The summed E-state index contributed by atoms with van der Waals surface area (Å²) >= 11 is 0. The van der Waals surface area contributed by atoms with Crippen LogP contribution in [0, 0.1) is 11.8 Å². The average molecular weight is 158 g/mol. The molecule has 0 nitrogen and oxygen atoms in total. The molecule has 0 amide bonds. The van der Waals surface area contributed by atoms with Crippen LogP contribution in [0.2, 0.25) is 0 Å². The van der Waals surface area contributed by atoms with Gasteiger partial charge in [-0.15, -0.1) is 5.92 Å². The van der Waals surface area contributed by atoms with E-state index in [1.165, 1.54) is 17.5 Å². The molecule has 1 aromatic carbocycles. The Hall–Kier alpha value is -1.22. The number of hydrogen-bond acceptors (Lipinski definition) is 0. The van der Waals surface area contributed by atoms with Gasteiger partial charge in [0.15, 0.2) is 0 Å². The van der Waals surface area contributed by atoms with E-state index in [4.69, 9.17) is 0 Å². The van der Waals surface area contributed by atoms with Gasteiger partial charge in [0.25, 0.3) is 0 Å². The van der Waals surface area contributed by atoms with E-state index < -0.39 is 0 Å². The van der Waals surface area contributed by atoms with E-state index in [1.807, 2.05) is 13.0 Å². The third-order valence-electron chi connectivity index (χ3n) is 1.80. The monoisotopic (exact) mass is 158 g/mol. The van der Waals surface area contributed by atoms with Crippen molar-refractivity contribution >= 4 is 0 Å². The normalized spacial score (nSPS) is 8.83. The zero-order chi connectivity index (χ0) is 8.81. The third kappa shape index (κ3) is 2.13. The van der Waals surface area contributed by atoms with Crippen LogP contribution >= 0.6 is 0 Å². The standard InChI is InChI=1S/C12H14/c1-3-7-11-9-5-6-10-12(11)8-4-2/h5-6,9-10H,3,7H2,1-2H3. The Bertz CT molecular complexity index is 299. The average Bonchev–Trinajstić information content (AvgIpc) is 2.09. The minimum absolute atomic E-state index is 1.13. The summed E-state index contributed by atoms with van der Waals surface area (Å²) in [6.45, 7) is 4.07. The van der Waals surface area contributed by atoms with Gasteiger partial charge in [0.05, 0.1) is 0 Å². The molecule has 0 aliphatic rings. The van der Waals surface area contributed by atoms with Gasteiger partial charge in [-0.3, -0.25) is 0 Å². The lowest BCUT2D eigenvalue weighted by atomic mass is 10.0. The summed E-state index contributed by atoms with van der Waals surface area (Å²) in [6, 6.07) is 8.36. The first kappa shape index (κ1) is 8.87. The highest BCUT2D eigenvalue weighted by atomic mass is 14.0. The molecule has 0 spiro atoms. The van der Waals surface area contributed by atoms with Crippen LogP contribution in [0.1, 0.15) is 31.4 Å². The molecule has 0 heteroatoms. The molecule has 0 unspecified atom stereocenters. The Labute approximate surface area is 74.6 Å². The van der Waals surface area contributed by atoms with Crippen LogP contribution < -0.4 is 0 Å². The minimum Gasteiger partial charge on any atom is -0.101 e. The van der Waals surface area contributed by atoms with E-state index in [9.17, 15) is 0 Å². The van der Waals surface area contributed by atoms with E-state index in [0.29, 0.717) is 0 Å². The van der Waals surface area contributed by atoms with Gasteiger partial charge in [-0.2, -0.15) is 0 Å². The second kappa shape index (κ2) is 4.62. The molecule has 0 fully saturated rings. The van der Waals surface area contributed by atoms with Crippen LogP contribution in [0.5, 0.6) is 0 Å². The molecule has 0 heterocycles. The summed E-state index contributed by atoms with van der Waals surface area (Å²) in [5, 5.41) is 0. The molecule has 0 N–H and O–H groups in total. The molecule has 0 bridgehead atoms. The van der Waals surface area contributed by atoms with E-state index in [0.717, 1.165) is 6.42 Å². The van der Waals surface area contributed by atoms with Gasteiger partial charge >= 0.3 is 0 Å². The summed E-state index contributed by atoms with van der Waals surface area (Å²) in [6.07, 6.45) is 2.31. The van der Waals surface area contributed by atoms with Crippen molar-refractivity contribution in [2.45, 2.75) is 26.7 Å². The number of rotatable bonds is 2. The second-order valence-corrected chi connectivity index (χ2v) is 2.78. The molecule has 0 aliphatic heterocycles. The predicted octanol–water partition coefficient (Wildman–Crippen LogP) is 3.01. The van der Waals surface area contributed by atoms with Crippen molar-refractivity contribution in [2.75, 3.05) is 0 Å². The van der Waals surface area contributed by atoms with Crippen molar-refractivity contribution in [2.24, 2.45) is 0 Å². The van der Waals surface area contributed by atoms with Crippen molar-refractivity contribution in [1.29, 1.82) is 0 Å². The Morgan fingerprint density at radius 2 is 2.00 bits per heavy atom. The van der Waals surface area contributed by atoms with Gasteiger partial charge in [0.1, 0.15) is 0 Å². The summed E-state index contributed by atoms with van der Waals surface area (Å²) in [4.78, 5) is 0. The van der Waals surface area contributed by atoms with Crippen molar-refractivity contribution in [3.05, 3.63) is 35.4 Å². The highest BCUT2D eigenvalue weighted by Crippen LogP contribution is 2.09. The van der Waals surface area contributed by atoms with E-state index in [2.05, 4.69) is 37.0 Å². The SMILES string of the molecule is CC#Cc1ccccc1CCC. The highest BCUT2D eigenvalue weighted by molar-refractivity contribution is 5.40. The molecule has 0 saturated heterocycles. The zero-order valence-electron chi connectivity index (χ0n) is 7.72. The predicted molar refractivity (Wildman–Crippen MR) is 53.0 cm³/mol. The largest absolute Gasteiger partial charge is 0.101 e. The number of hydrogen-bond donors (Lipinski definition) is 0. The van der Waals surface area contributed by atoms with Crippen molar-refractivity contribution < 1.29 is 0 Å². The molecule has 0 aromatic heterocycles. The molecule has 0 atom stereocenters. The van der Waals surface area contributed by atoms with E-state index >= 15 is 0 Å². The quantitative estimate of drug-likeness (QED) is 0.580. The molecule has 1 aromatic rings. The summed E-state index contributed by atoms with van der Waals surface area (Å²) < 4.78 is 0. The Morgan fingerprint density at radius 3 is 2.67 bits per heavy atom. The zero-order valence-corrected chi connectivity index (χ0v) is 7.72. The first-order chi connectivity index (χ1) is 5.88. The molecule has 1 rings (SSSR count). The number of benzene rings is 1. The topological polar surface area (TPSA) is 0 Å². The summed E-state index contributed by atoms with van der Waals surface area (Å²) in [7, 11) is 0. The van der Waals surface area contributed by atoms with Gasteiger partial charge in [0.2, 0.25) is 0 Å². The first-order valence-electron chi connectivity index (χ1n) is 4.39. The molecular weight excluding hydrogens is 144 g/mol. The van der Waals surface area contributed by atoms with Gasteiger partial charge in [-0.25, -0.2) is 0 Å². The fourth-order valence-corrected chi connectivity index (χ4v) is 1.26. The summed E-state index contributed by atoms with van der Waals surface area (Å²) in [5.74, 6) is 6.04. The van der Waals surface area contributed by atoms with Crippen LogP contribution in [-0.4, -0.2) is 0 Å². The second-order valence-electron chi connectivity index (χ2n) is 2.78. The van der Waals surface area contributed by atoms with Gasteiger partial charge in [-0.1, -0.05) is 37.5 Å². The summed E-state index contributed by atoms with van der Waals surface area (Å²) in [5.41, 5.74) is 2.55. The van der Waals surface area contributed by atoms with Crippen LogP contribution in [0.25, 0.3) is 0 Å². The molecule has 62 valence electrons. The third-order valence-corrected chi connectivity index (χ3v) is 1.80. The smallest absolute Gasteiger partial charge is 0.0277 e. The van der Waals surface area contributed by atoms with Crippen LogP contribution in [0.15, 0.2) is 24.3 Å². The molecule has 0 saturated carbocycles. The Kier molecular flexibility index (Phi) is 3.41. The molecule has 0 radical (unpaired) electrons. The van der Waals surface area contributed by atoms with E-state index in [1.54, 1.807) is 0 Å². The van der Waals surface area contributed by atoms with Crippen molar-refractivity contribution in [3.63, 3.8) is 0 Å². The lowest BCUT2D eigenvalue weighted by Crippen LogP contribution is -1.87.